The van der Waals surface area contributed by atoms with Crippen LogP contribution in [-0.4, -0.2) is 41.5 Å². The fraction of sp³-hybridized carbons (Fsp3) is 0.450. The largest absolute Gasteiger partial charge is 0.493 e. The second-order valence-corrected chi connectivity index (χ2v) is 6.80. The lowest BCUT2D eigenvalue weighted by Gasteiger charge is -2.38. The summed E-state index contributed by atoms with van der Waals surface area (Å²) in [6.45, 7) is 5.22. The SMILES string of the molecule is CCOc1cc2c(cc1CN1CCC(O)(c3cccnc3)CC1)OCO2. The highest BCUT2D eigenvalue weighted by molar-refractivity contribution is 5.51. The molecular formula is C20H24N2O4. The van der Waals surface area contributed by atoms with Crippen molar-refractivity contribution >= 4 is 0 Å². The summed E-state index contributed by atoms with van der Waals surface area (Å²) < 4.78 is 16.8. The molecule has 0 radical (unpaired) electrons. The number of hydrogen-bond acceptors (Lipinski definition) is 6. The fourth-order valence-corrected chi connectivity index (χ4v) is 3.63. The molecule has 0 aliphatic carbocycles. The van der Waals surface area contributed by atoms with Crippen LogP contribution in [0.3, 0.4) is 0 Å². The molecule has 0 spiro atoms. The van der Waals surface area contributed by atoms with Crippen molar-refractivity contribution in [3.05, 3.63) is 47.8 Å². The molecule has 6 nitrogen and oxygen atoms in total. The van der Waals surface area contributed by atoms with Gasteiger partial charge in [0.25, 0.3) is 0 Å². The maximum atomic E-state index is 11.0. The molecule has 0 unspecified atom stereocenters. The van der Waals surface area contributed by atoms with E-state index in [2.05, 4.69) is 9.88 Å². The topological polar surface area (TPSA) is 64.1 Å². The number of hydrogen-bond donors (Lipinski definition) is 1. The number of pyridine rings is 1. The van der Waals surface area contributed by atoms with Gasteiger partial charge in [-0.15, -0.1) is 0 Å². The molecule has 4 rings (SSSR count). The molecule has 1 fully saturated rings. The summed E-state index contributed by atoms with van der Waals surface area (Å²) in [7, 11) is 0. The molecule has 138 valence electrons. The first-order valence-electron chi connectivity index (χ1n) is 9.08. The van der Waals surface area contributed by atoms with E-state index in [1.165, 1.54) is 0 Å². The van der Waals surface area contributed by atoms with E-state index < -0.39 is 5.60 Å². The zero-order valence-corrected chi connectivity index (χ0v) is 15.0. The van der Waals surface area contributed by atoms with Crippen LogP contribution in [0.4, 0.5) is 0 Å². The van der Waals surface area contributed by atoms with Gasteiger partial charge in [0.2, 0.25) is 6.79 Å². The van der Waals surface area contributed by atoms with Crippen molar-refractivity contribution in [2.24, 2.45) is 0 Å². The van der Waals surface area contributed by atoms with Crippen LogP contribution in [0, 0.1) is 0 Å². The van der Waals surface area contributed by atoms with Crippen molar-refractivity contribution in [2.45, 2.75) is 31.9 Å². The Bertz CT molecular complexity index is 758. The number of rotatable bonds is 5. The summed E-state index contributed by atoms with van der Waals surface area (Å²) >= 11 is 0. The summed E-state index contributed by atoms with van der Waals surface area (Å²) in [6.07, 6.45) is 4.87. The normalized spacial score (nSPS) is 18.7. The third-order valence-corrected chi connectivity index (χ3v) is 5.13. The Labute approximate surface area is 153 Å². The Morgan fingerprint density at radius 2 is 2.00 bits per heavy atom. The van der Waals surface area contributed by atoms with Crippen molar-refractivity contribution < 1.29 is 19.3 Å². The predicted molar refractivity (Wildman–Crippen MR) is 96.4 cm³/mol. The molecule has 2 aliphatic heterocycles. The molecule has 1 N–H and O–H groups in total. The minimum Gasteiger partial charge on any atom is -0.493 e. The van der Waals surface area contributed by atoms with Gasteiger partial charge in [-0.3, -0.25) is 9.88 Å². The molecule has 0 atom stereocenters. The van der Waals surface area contributed by atoms with Gasteiger partial charge in [0.1, 0.15) is 5.75 Å². The van der Waals surface area contributed by atoms with Gasteiger partial charge in [-0.05, 0) is 31.9 Å². The average Bonchev–Trinajstić information content (AvgIpc) is 3.12. The lowest BCUT2D eigenvalue weighted by molar-refractivity contribution is -0.0281. The summed E-state index contributed by atoms with van der Waals surface area (Å²) in [5, 5.41) is 11.0. The lowest BCUT2D eigenvalue weighted by Crippen LogP contribution is -2.42. The van der Waals surface area contributed by atoms with Gasteiger partial charge in [-0.25, -0.2) is 0 Å². The molecule has 3 heterocycles. The number of likely N-dealkylation sites (tertiary alicyclic amines) is 1. The van der Waals surface area contributed by atoms with Crippen molar-refractivity contribution in [3.8, 4) is 17.2 Å². The maximum absolute atomic E-state index is 11.0. The van der Waals surface area contributed by atoms with Crippen LogP contribution >= 0.6 is 0 Å². The Kier molecular flexibility index (Phi) is 4.70. The van der Waals surface area contributed by atoms with Crippen molar-refractivity contribution in [1.29, 1.82) is 0 Å². The van der Waals surface area contributed by atoms with E-state index in [0.29, 0.717) is 19.4 Å². The van der Waals surface area contributed by atoms with Gasteiger partial charge in [0, 0.05) is 49.2 Å². The first-order valence-corrected chi connectivity index (χ1v) is 9.08. The van der Waals surface area contributed by atoms with Gasteiger partial charge in [0.05, 0.1) is 12.2 Å². The third kappa shape index (κ3) is 3.34. The van der Waals surface area contributed by atoms with Crippen molar-refractivity contribution in [2.75, 3.05) is 26.5 Å². The second-order valence-electron chi connectivity index (χ2n) is 6.80. The minimum absolute atomic E-state index is 0.256. The molecule has 0 saturated carbocycles. The molecule has 1 saturated heterocycles. The molecule has 0 bridgehead atoms. The Morgan fingerprint density at radius 3 is 2.69 bits per heavy atom. The smallest absolute Gasteiger partial charge is 0.231 e. The summed E-state index contributed by atoms with van der Waals surface area (Å²) in [6, 6.07) is 7.75. The zero-order chi connectivity index (χ0) is 18.0. The van der Waals surface area contributed by atoms with Crippen LogP contribution in [0.1, 0.15) is 30.9 Å². The molecule has 26 heavy (non-hydrogen) atoms. The summed E-state index contributed by atoms with van der Waals surface area (Å²) in [4.78, 5) is 6.48. The lowest BCUT2D eigenvalue weighted by atomic mass is 9.85. The van der Waals surface area contributed by atoms with Gasteiger partial charge < -0.3 is 19.3 Å². The third-order valence-electron chi connectivity index (χ3n) is 5.13. The van der Waals surface area contributed by atoms with Gasteiger partial charge in [-0.1, -0.05) is 6.07 Å². The van der Waals surface area contributed by atoms with Crippen molar-refractivity contribution in [3.63, 3.8) is 0 Å². The highest BCUT2D eigenvalue weighted by atomic mass is 16.7. The Morgan fingerprint density at radius 1 is 1.23 bits per heavy atom. The van der Waals surface area contributed by atoms with E-state index in [9.17, 15) is 5.11 Å². The molecule has 1 aromatic carbocycles. The van der Waals surface area contributed by atoms with Crippen LogP contribution in [0.5, 0.6) is 17.2 Å². The Hall–Kier alpha value is -2.31. The molecule has 2 aliphatic rings. The number of nitrogens with zero attached hydrogens (tertiary/aromatic N) is 2. The zero-order valence-electron chi connectivity index (χ0n) is 15.0. The van der Waals surface area contributed by atoms with E-state index in [1.54, 1.807) is 12.4 Å². The molecule has 0 amide bonds. The monoisotopic (exact) mass is 356 g/mol. The highest BCUT2D eigenvalue weighted by Crippen LogP contribution is 2.39. The van der Waals surface area contributed by atoms with E-state index in [-0.39, 0.29) is 6.79 Å². The first kappa shape index (κ1) is 17.1. The highest BCUT2D eigenvalue weighted by Gasteiger charge is 2.34. The number of piperidine rings is 1. The number of benzene rings is 1. The fourth-order valence-electron chi connectivity index (χ4n) is 3.63. The van der Waals surface area contributed by atoms with Gasteiger partial charge in [0.15, 0.2) is 11.5 Å². The molecular weight excluding hydrogens is 332 g/mol. The van der Waals surface area contributed by atoms with E-state index in [0.717, 1.165) is 48.0 Å². The van der Waals surface area contributed by atoms with Gasteiger partial charge >= 0.3 is 0 Å². The Balaban J connectivity index is 1.46. The predicted octanol–water partition coefficient (Wildman–Crippen LogP) is 2.69. The second kappa shape index (κ2) is 7.13. The molecule has 1 aromatic heterocycles. The van der Waals surface area contributed by atoms with Crippen LogP contribution in [0.25, 0.3) is 0 Å². The van der Waals surface area contributed by atoms with Crippen LogP contribution in [0.15, 0.2) is 36.7 Å². The number of ether oxygens (including phenoxy) is 3. The molecule has 2 aromatic rings. The average molecular weight is 356 g/mol. The standard InChI is InChI=1S/C20H24N2O4/c1-2-24-17-11-19-18(25-14-26-19)10-15(17)13-22-8-5-20(23,6-9-22)16-4-3-7-21-12-16/h3-4,7,10-12,23H,2,5-6,8-9,13-14H2,1H3. The summed E-state index contributed by atoms with van der Waals surface area (Å²) in [5.41, 5.74) is 1.20. The van der Waals surface area contributed by atoms with Gasteiger partial charge in [-0.2, -0.15) is 0 Å². The first-order chi connectivity index (χ1) is 12.7. The molecule has 6 heteroatoms. The van der Waals surface area contributed by atoms with E-state index in [1.807, 2.05) is 31.2 Å². The summed E-state index contributed by atoms with van der Waals surface area (Å²) in [5.74, 6) is 2.35. The number of aromatic nitrogens is 1. The van der Waals surface area contributed by atoms with Crippen molar-refractivity contribution in [1.82, 2.24) is 9.88 Å². The minimum atomic E-state index is -0.789. The number of aliphatic hydroxyl groups is 1. The van der Waals surface area contributed by atoms with E-state index >= 15 is 0 Å². The van der Waals surface area contributed by atoms with E-state index in [4.69, 9.17) is 14.2 Å². The quantitative estimate of drug-likeness (QED) is 0.889. The van der Waals surface area contributed by atoms with Crippen LogP contribution in [0.2, 0.25) is 0 Å². The maximum Gasteiger partial charge on any atom is 0.231 e. The number of fused-ring (bicyclic) bond motifs is 1. The van der Waals surface area contributed by atoms with Crippen LogP contribution < -0.4 is 14.2 Å². The van der Waals surface area contributed by atoms with Crippen LogP contribution in [-0.2, 0) is 12.1 Å².